The zero-order valence-electron chi connectivity index (χ0n) is 9.96. The standard InChI is InChI=1S/C12H16FN3O/c1-7-5-11(10(14)6-9(7)13)16-4-3-15-12(17)8(16)2/h5-6,8H,3-4,14H2,1-2H3,(H,15,17). The van der Waals surface area contributed by atoms with Crippen molar-refractivity contribution in [3.8, 4) is 0 Å². The number of benzene rings is 1. The van der Waals surface area contributed by atoms with Crippen molar-refractivity contribution in [2.24, 2.45) is 0 Å². The molecule has 1 heterocycles. The number of aryl methyl sites for hydroxylation is 1. The molecular formula is C12H16FN3O. The fourth-order valence-electron chi connectivity index (χ4n) is 2.04. The van der Waals surface area contributed by atoms with E-state index in [-0.39, 0.29) is 17.8 Å². The van der Waals surface area contributed by atoms with Crippen molar-refractivity contribution in [3.63, 3.8) is 0 Å². The first-order valence-corrected chi connectivity index (χ1v) is 5.60. The van der Waals surface area contributed by atoms with Gasteiger partial charge in [-0.05, 0) is 31.5 Å². The van der Waals surface area contributed by atoms with Crippen LogP contribution in [-0.2, 0) is 4.79 Å². The largest absolute Gasteiger partial charge is 0.397 e. The number of amides is 1. The van der Waals surface area contributed by atoms with Crippen LogP contribution in [0.1, 0.15) is 12.5 Å². The zero-order valence-corrected chi connectivity index (χ0v) is 9.96. The average Bonchev–Trinajstić information content (AvgIpc) is 2.28. The lowest BCUT2D eigenvalue weighted by atomic mass is 10.1. The van der Waals surface area contributed by atoms with Crippen LogP contribution in [0.5, 0.6) is 0 Å². The molecule has 0 spiro atoms. The maximum absolute atomic E-state index is 13.3. The Hall–Kier alpha value is -1.78. The van der Waals surface area contributed by atoms with Gasteiger partial charge in [-0.3, -0.25) is 4.79 Å². The Labute approximate surface area is 99.6 Å². The molecule has 1 saturated heterocycles. The quantitative estimate of drug-likeness (QED) is 0.717. The van der Waals surface area contributed by atoms with Crippen LogP contribution < -0.4 is 16.0 Å². The molecule has 17 heavy (non-hydrogen) atoms. The number of rotatable bonds is 1. The van der Waals surface area contributed by atoms with Crippen molar-refractivity contribution in [3.05, 3.63) is 23.5 Å². The second-order valence-electron chi connectivity index (χ2n) is 4.32. The van der Waals surface area contributed by atoms with Crippen LogP contribution in [0.3, 0.4) is 0 Å². The lowest BCUT2D eigenvalue weighted by Gasteiger charge is -2.35. The molecule has 92 valence electrons. The van der Waals surface area contributed by atoms with Crippen molar-refractivity contribution in [2.45, 2.75) is 19.9 Å². The summed E-state index contributed by atoms with van der Waals surface area (Å²) in [5.74, 6) is -0.349. The summed E-state index contributed by atoms with van der Waals surface area (Å²) in [7, 11) is 0. The number of nitrogens with zero attached hydrogens (tertiary/aromatic N) is 1. The third-order valence-electron chi connectivity index (χ3n) is 3.12. The van der Waals surface area contributed by atoms with Gasteiger partial charge in [0.1, 0.15) is 11.9 Å². The number of piperazine rings is 1. The van der Waals surface area contributed by atoms with Crippen molar-refractivity contribution in [2.75, 3.05) is 23.7 Å². The van der Waals surface area contributed by atoms with E-state index < -0.39 is 0 Å². The van der Waals surface area contributed by atoms with Gasteiger partial charge in [0.05, 0.1) is 11.4 Å². The molecule has 1 aromatic rings. The van der Waals surface area contributed by atoms with Gasteiger partial charge >= 0.3 is 0 Å². The fourth-order valence-corrected chi connectivity index (χ4v) is 2.04. The maximum Gasteiger partial charge on any atom is 0.242 e. The predicted octanol–water partition coefficient (Wildman–Crippen LogP) is 1.04. The molecule has 2 rings (SSSR count). The molecule has 1 fully saturated rings. The van der Waals surface area contributed by atoms with Gasteiger partial charge in [-0.15, -0.1) is 0 Å². The topological polar surface area (TPSA) is 58.4 Å². The summed E-state index contributed by atoms with van der Waals surface area (Å²) >= 11 is 0. The van der Waals surface area contributed by atoms with E-state index in [1.54, 1.807) is 13.0 Å². The van der Waals surface area contributed by atoms with Crippen LogP contribution in [0.4, 0.5) is 15.8 Å². The number of carbonyl (C=O) groups excluding carboxylic acids is 1. The Balaban J connectivity index is 2.39. The van der Waals surface area contributed by atoms with Crippen LogP contribution in [-0.4, -0.2) is 25.0 Å². The number of hydrogen-bond acceptors (Lipinski definition) is 3. The third kappa shape index (κ3) is 2.05. The lowest BCUT2D eigenvalue weighted by Crippen LogP contribution is -2.54. The molecule has 1 atom stereocenters. The number of nitrogens with one attached hydrogen (secondary N) is 1. The molecule has 3 N–H and O–H groups in total. The summed E-state index contributed by atoms with van der Waals surface area (Å²) in [6, 6.07) is 2.72. The summed E-state index contributed by atoms with van der Waals surface area (Å²) in [5.41, 5.74) is 7.45. The molecule has 1 aliphatic heterocycles. The van der Waals surface area contributed by atoms with Crippen molar-refractivity contribution in [1.82, 2.24) is 5.32 Å². The second kappa shape index (κ2) is 4.24. The van der Waals surface area contributed by atoms with Gasteiger partial charge in [-0.1, -0.05) is 0 Å². The minimum atomic E-state index is -0.319. The molecule has 5 heteroatoms. The Morgan fingerprint density at radius 3 is 2.94 bits per heavy atom. The van der Waals surface area contributed by atoms with Gasteiger partial charge < -0.3 is 16.0 Å². The van der Waals surface area contributed by atoms with E-state index in [0.29, 0.717) is 24.3 Å². The highest BCUT2D eigenvalue weighted by atomic mass is 19.1. The van der Waals surface area contributed by atoms with Crippen LogP contribution >= 0.6 is 0 Å². The molecule has 0 aliphatic carbocycles. The van der Waals surface area contributed by atoms with E-state index in [1.807, 2.05) is 11.8 Å². The highest BCUT2D eigenvalue weighted by molar-refractivity contribution is 5.87. The van der Waals surface area contributed by atoms with Gasteiger partial charge in [0, 0.05) is 13.1 Å². The average molecular weight is 237 g/mol. The molecule has 1 aliphatic rings. The highest BCUT2D eigenvalue weighted by Crippen LogP contribution is 2.28. The first-order chi connectivity index (χ1) is 8.00. The molecule has 0 saturated carbocycles. The fraction of sp³-hybridized carbons (Fsp3) is 0.417. The normalized spacial score (nSPS) is 20.3. The van der Waals surface area contributed by atoms with Crippen molar-refractivity contribution in [1.29, 1.82) is 0 Å². The maximum atomic E-state index is 13.3. The lowest BCUT2D eigenvalue weighted by molar-refractivity contribution is -0.122. The Kier molecular flexibility index (Phi) is 2.92. The SMILES string of the molecule is Cc1cc(N2CCNC(=O)C2C)c(N)cc1F. The van der Waals surface area contributed by atoms with Gasteiger partial charge in [-0.2, -0.15) is 0 Å². The van der Waals surface area contributed by atoms with E-state index in [9.17, 15) is 9.18 Å². The summed E-state index contributed by atoms with van der Waals surface area (Å²) in [6.07, 6.45) is 0. The molecule has 4 nitrogen and oxygen atoms in total. The number of carbonyl (C=O) groups is 1. The molecule has 0 bridgehead atoms. The van der Waals surface area contributed by atoms with E-state index in [2.05, 4.69) is 5.32 Å². The summed E-state index contributed by atoms with van der Waals surface area (Å²) in [4.78, 5) is 13.5. The number of anilines is 2. The molecule has 1 aromatic carbocycles. The summed E-state index contributed by atoms with van der Waals surface area (Å²) in [6.45, 7) is 4.76. The smallest absolute Gasteiger partial charge is 0.242 e. The van der Waals surface area contributed by atoms with Crippen LogP contribution in [0, 0.1) is 12.7 Å². The molecular weight excluding hydrogens is 221 g/mol. The van der Waals surface area contributed by atoms with Crippen LogP contribution in [0.15, 0.2) is 12.1 Å². The molecule has 0 radical (unpaired) electrons. The van der Waals surface area contributed by atoms with Crippen LogP contribution in [0.2, 0.25) is 0 Å². The van der Waals surface area contributed by atoms with E-state index >= 15 is 0 Å². The minimum Gasteiger partial charge on any atom is -0.397 e. The first kappa shape index (κ1) is 11.7. The van der Waals surface area contributed by atoms with Crippen LogP contribution in [0.25, 0.3) is 0 Å². The summed E-state index contributed by atoms with van der Waals surface area (Å²) in [5, 5.41) is 2.78. The second-order valence-corrected chi connectivity index (χ2v) is 4.32. The van der Waals surface area contributed by atoms with E-state index in [4.69, 9.17) is 5.73 Å². The molecule has 0 aromatic heterocycles. The predicted molar refractivity (Wildman–Crippen MR) is 65.4 cm³/mol. The number of nitrogens with two attached hydrogens (primary N) is 1. The van der Waals surface area contributed by atoms with Gasteiger partial charge in [-0.25, -0.2) is 4.39 Å². The van der Waals surface area contributed by atoms with E-state index in [1.165, 1.54) is 6.07 Å². The third-order valence-corrected chi connectivity index (χ3v) is 3.12. The van der Waals surface area contributed by atoms with Crippen molar-refractivity contribution >= 4 is 17.3 Å². The Morgan fingerprint density at radius 2 is 2.24 bits per heavy atom. The number of nitrogen functional groups attached to an aromatic ring is 1. The van der Waals surface area contributed by atoms with Crippen molar-refractivity contribution < 1.29 is 9.18 Å². The molecule has 1 amide bonds. The van der Waals surface area contributed by atoms with Gasteiger partial charge in [0.2, 0.25) is 5.91 Å². The Morgan fingerprint density at radius 1 is 1.53 bits per heavy atom. The Bertz CT molecular complexity index is 461. The highest BCUT2D eigenvalue weighted by Gasteiger charge is 2.27. The first-order valence-electron chi connectivity index (χ1n) is 5.60. The monoisotopic (exact) mass is 237 g/mol. The van der Waals surface area contributed by atoms with E-state index in [0.717, 1.165) is 5.69 Å². The number of hydrogen-bond donors (Lipinski definition) is 2. The van der Waals surface area contributed by atoms with Gasteiger partial charge in [0.25, 0.3) is 0 Å². The molecule has 1 unspecified atom stereocenters. The van der Waals surface area contributed by atoms with Gasteiger partial charge in [0.15, 0.2) is 0 Å². The minimum absolute atomic E-state index is 0.0300. The number of halogens is 1. The zero-order chi connectivity index (χ0) is 12.6. The summed E-state index contributed by atoms with van der Waals surface area (Å²) < 4.78 is 13.3.